The second kappa shape index (κ2) is 12.2. The summed E-state index contributed by atoms with van der Waals surface area (Å²) in [6, 6.07) is 19.1. The Balaban J connectivity index is 1.76. The summed E-state index contributed by atoms with van der Waals surface area (Å²) in [5.41, 5.74) is 2.61. The van der Waals surface area contributed by atoms with Crippen molar-refractivity contribution < 1.29 is 9.59 Å². The third-order valence-corrected chi connectivity index (χ3v) is 6.44. The number of benzene rings is 2. The molecule has 7 heteroatoms. The predicted molar refractivity (Wildman–Crippen MR) is 141 cm³/mol. The highest BCUT2D eigenvalue weighted by atomic mass is 79.9. The van der Waals surface area contributed by atoms with E-state index in [1.807, 2.05) is 66.6 Å². The second-order valence-corrected chi connectivity index (χ2v) is 10.0. The normalized spacial score (nSPS) is 11.0. The largest absolute Gasteiger partial charge is 0.345 e. The summed E-state index contributed by atoms with van der Waals surface area (Å²) in [6.07, 6.45) is 2.01. The quantitative estimate of drug-likeness (QED) is 0.310. The zero-order chi connectivity index (χ0) is 24.7. The molecule has 34 heavy (non-hydrogen) atoms. The van der Waals surface area contributed by atoms with Crippen molar-refractivity contribution in [1.82, 2.24) is 14.4 Å². The van der Waals surface area contributed by atoms with Crippen LogP contribution in [0.2, 0.25) is 5.02 Å². The molecule has 3 aromatic rings. The van der Waals surface area contributed by atoms with Crippen molar-refractivity contribution in [2.45, 2.75) is 33.9 Å². The number of rotatable bonds is 10. The number of amides is 2. The first-order valence-corrected chi connectivity index (χ1v) is 12.7. The van der Waals surface area contributed by atoms with Crippen molar-refractivity contribution in [2.75, 3.05) is 19.6 Å². The molecule has 2 amide bonds. The van der Waals surface area contributed by atoms with Gasteiger partial charge in [-0.25, -0.2) is 0 Å². The Morgan fingerprint density at radius 2 is 1.79 bits per heavy atom. The summed E-state index contributed by atoms with van der Waals surface area (Å²) < 4.78 is 2.95. The van der Waals surface area contributed by atoms with Gasteiger partial charge in [-0.1, -0.05) is 65.6 Å². The van der Waals surface area contributed by atoms with Crippen LogP contribution in [0.5, 0.6) is 0 Å². The average Bonchev–Trinajstić information content (AvgIpc) is 3.24. The molecular formula is C27H31BrClN3O2. The van der Waals surface area contributed by atoms with E-state index in [2.05, 4.69) is 34.3 Å². The van der Waals surface area contributed by atoms with Gasteiger partial charge >= 0.3 is 0 Å². The summed E-state index contributed by atoms with van der Waals surface area (Å²) in [5, 5.41) is 0.724. The summed E-state index contributed by atoms with van der Waals surface area (Å²) >= 11 is 9.78. The van der Waals surface area contributed by atoms with Crippen LogP contribution in [-0.2, 0) is 17.9 Å². The van der Waals surface area contributed by atoms with Crippen LogP contribution in [0.25, 0.3) is 0 Å². The van der Waals surface area contributed by atoms with Crippen molar-refractivity contribution in [2.24, 2.45) is 5.92 Å². The molecule has 0 N–H and O–H groups in total. The fraction of sp³-hybridized carbons (Fsp3) is 0.333. The number of halogens is 2. The number of nitrogens with zero attached hydrogens (tertiary/aromatic N) is 3. The van der Waals surface area contributed by atoms with Crippen LogP contribution in [0.4, 0.5) is 0 Å². The standard InChI is InChI=1S/C27H31BrClN3O2/c1-4-30(27(34)21-10-7-11-23(28)15-21)19-26(33)32(16-20(2)3)18-24-12-8-14-31(24)17-22-9-5-6-13-25(22)29/h5-15,20H,4,16-19H2,1-3H3. The van der Waals surface area contributed by atoms with E-state index in [0.717, 1.165) is 20.8 Å². The van der Waals surface area contributed by atoms with Crippen LogP contribution in [0.15, 0.2) is 71.3 Å². The van der Waals surface area contributed by atoms with Gasteiger partial charge in [0.15, 0.2) is 0 Å². The van der Waals surface area contributed by atoms with Gasteiger partial charge in [0, 0.05) is 46.6 Å². The minimum absolute atomic E-state index is 0.0415. The van der Waals surface area contributed by atoms with Gasteiger partial charge in [-0.05, 0) is 54.8 Å². The number of hydrogen-bond acceptors (Lipinski definition) is 2. The van der Waals surface area contributed by atoms with Gasteiger partial charge < -0.3 is 14.4 Å². The number of likely N-dealkylation sites (N-methyl/N-ethyl adjacent to an activating group) is 1. The van der Waals surface area contributed by atoms with Gasteiger partial charge in [0.2, 0.25) is 5.91 Å². The maximum Gasteiger partial charge on any atom is 0.254 e. The van der Waals surface area contributed by atoms with Crippen molar-refractivity contribution >= 4 is 39.3 Å². The van der Waals surface area contributed by atoms with Crippen molar-refractivity contribution in [1.29, 1.82) is 0 Å². The Hall–Kier alpha value is -2.57. The minimum Gasteiger partial charge on any atom is -0.345 e. The van der Waals surface area contributed by atoms with E-state index in [-0.39, 0.29) is 18.4 Å². The Kier molecular flexibility index (Phi) is 9.36. The first-order valence-electron chi connectivity index (χ1n) is 11.5. The molecule has 0 saturated carbocycles. The van der Waals surface area contributed by atoms with E-state index in [1.165, 1.54) is 0 Å². The molecule has 0 atom stereocenters. The zero-order valence-corrected chi connectivity index (χ0v) is 22.2. The molecule has 0 unspecified atom stereocenters. The van der Waals surface area contributed by atoms with E-state index in [0.29, 0.717) is 37.7 Å². The summed E-state index contributed by atoms with van der Waals surface area (Å²) in [4.78, 5) is 29.9. The molecule has 1 heterocycles. The van der Waals surface area contributed by atoms with Crippen LogP contribution in [0, 0.1) is 5.92 Å². The van der Waals surface area contributed by atoms with E-state index < -0.39 is 0 Å². The fourth-order valence-corrected chi connectivity index (χ4v) is 4.44. The molecule has 5 nitrogen and oxygen atoms in total. The molecular weight excluding hydrogens is 514 g/mol. The second-order valence-electron chi connectivity index (χ2n) is 8.72. The van der Waals surface area contributed by atoms with Gasteiger partial charge in [-0.3, -0.25) is 9.59 Å². The number of carbonyl (C=O) groups is 2. The maximum atomic E-state index is 13.4. The molecule has 0 saturated heterocycles. The van der Waals surface area contributed by atoms with Crippen molar-refractivity contribution in [3.05, 3.63) is 93.2 Å². The lowest BCUT2D eigenvalue weighted by atomic mass is 10.1. The van der Waals surface area contributed by atoms with Gasteiger partial charge in [-0.2, -0.15) is 0 Å². The number of hydrogen-bond donors (Lipinski definition) is 0. The SMILES string of the molecule is CCN(CC(=O)N(Cc1cccn1Cc1ccccc1Cl)CC(C)C)C(=O)c1cccc(Br)c1. The Labute approximate surface area is 215 Å². The number of aromatic nitrogens is 1. The van der Waals surface area contributed by atoms with Crippen molar-refractivity contribution in [3.63, 3.8) is 0 Å². The maximum absolute atomic E-state index is 13.4. The van der Waals surface area contributed by atoms with Crippen LogP contribution in [-0.4, -0.2) is 45.8 Å². The zero-order valence-electron chi connectivity index (χ0n) is 19.9. The molecule has 3 rings (SSSR count). The van der Waals surface area contributed by atoms with E-state index in [4.69, 9.17) is 11.6 Å². The summed E-state index contributed by atoms with van der Waals surface area (Å²) in [5.74, 6) is 0.0833. The van der Waals surface area contributed by atoms with Gasteiger partial charge in [0.1, 0.15) is 6.54 Å². The molecule has 1 aromatic heterocycles. The number of carbonyl (C=O) groups excluding carboxylic acids is 2. The highest BCUT2D eigenvalue weighted by Crippen LogP contribution is 2.19. The third-order valence-electron chi connectivity index (χ3n) is 5.58. The summed E-state index contributed by atoms with van der Waals surface area (Å²) in [6.45, 7) is 8.28. The third kappa shape index (κ3) is 6.97. The highest BCUT2D eigenvalue weighted by Gasteiger charge is 2.23. The molecule has 0 aliphatic heterocycles. The smallest absolute Gasteiger partial charge is 0.254 e. The van der Waals surface area contributed by atoms with Gasteiger partial charge in [0.05, 0.1) is 6.54 Å². The van der Waals surface area contributed by atoms with Crippen LogP contribution in [0.1, 0.15) is 42.4 Å². The first-order chi connectivity index (χ1) is 16.3. The van der Waals surface area contributed by atoms with Crippen molar-refractivity contribution in [3.8, 4) is 0 Å². The molecule has 0 bridgehead atoms. The Morgan fingerprint density at radius 1 is 1.03 bits per heavy atom. The lowest BCUT2D eigenvalue weighted by Crippen LogP contribution is -2.44. The van der Waals surface area contributed by atoms with Gasteiger partial charge in [0.25, 0.3) is 5.91 Å². The summed E-state index contributed by atoms with van der Waals surface area (Å²) in [7, 11) is 0. The van der Waals surface area contributed by atoms with Crippen LogP contribution >= 0.6 is 27.5 Å². The topological polar surface area (TPSA) is 45.6 Å². The molecule has 180 valence electrons. The highest BCUT2D eigenvalue weighted by molar-refractivity contribution is 9.10. The molecule has 0 fully saturated rings. The molecule has 0 radical (unpaired) electrons. The van der Waals surface area contributed by atoms with Crippen LogP contribution < -0.4 is 0 Å². The van der Waals surface area contributed by atoms with E-state index >= 15 is 0 Å². The predicted octanol–water partition coefficient (Wildman–Crippen LogP) is 6.10. The fourth-order valence-electron chi connectivity index (χ4n) is 3.84. The monoisotopic (exact) mass is 543 g/mol. The minimum atomic E-state index is -0.149. The molecule has 0 aliphatic rings. The molecule has 0 spiro atoms. The van der Waals surface area contributed by atoms with Gasteiger partial charge in [-0.15, -0.1) is 0 Å². The molecule has 0 aliphatic carbocycles. The first kappa shape index (κ1) is 26.0. The van der Waals surface area contributed by atoms with E-state index in [9.17, 15) is 9.59 Å². The average molecular weight is 545 g/mol. The Morgan fingerprint density at radius 3 is 2.47 bits per heavy atom. The lowest BCUT2D eigenvalue weighted by molar-refractivity contribution is -0.133. The van der Waals surface area contributed by atoms with E-state index in [1.54, 1.807) is 17.0 Å². The Bertz CT molecular complexity index is 1130. The van der Waals surface area contributed by atoms with Crippen LogP contribution in [0.3, 0.4) is 0 Å². The molecule has 2 aromatic carbocycles. The lowest BCUT2D eigenvalue weighted by Gasteiger charge is -2.29.